The quantitative estimate of drug-likeness (QED) is 0.0401. The first-order valence-electron chi connectivity index (χ1n) is 29.2. The molecular weight excluding hydrogens is 1210 g/mol. The van der Waals surface area contributed by atoms with Crippen molar-refractivity contribution in [1.82, 2.24) is 29.6 Å². The van der Waals surface area contributed by atoms with Crippen molar-refractivity contribution in [1.29, 1.82) is 0 Å². The van der Waals surface area contributed by atoms with Crippen LogP contribution in [0.15, 0.2) is 136 Å². The lowest BCUT2D eigenvalue weighted by Gasteiger charge is -2.39. The van der Waals surface area contributed by atoms with E-state index in [1.807, 2.05) is 47.2 Å². The number of sulfonamides is 1. The van der Waals surface area contributed by atoms with Gasteiger partial charge < -0.3 is 15.1 Å². The van der Waals surface area contributed by atoms with Crippen LogP contribution >= 0.6 is 23.4 Å². The third-order valence-electron chi connectivity index (χ3n) is 16.8. The highest BCUT2D eigenvalue weighted by Crippen LogP contribution is 2.43. The summed E-state index contributed by atoms with van der Waals surface area (Å²) < 4.78 is 99.8. The summed E-state index contributed by atoms with van der Waals surface area (Å²) in [4.78, 5) is 73.2. The standard InChI is InChI=1S/C64H68ClF3N8O9S3/c1-63(2)28-26-52(43-14-18-47(65)19-15-43)46(40-63)41-74-35-37-75(38-36-74)49-20-16-45(17-21-49)59(78)71-88(84,85)51-22-23-54(56(39-51)87(82,83)64(66,67)68)69-48(42-86-50-11-4-3-5-12-50)27-30-73-33-31-72(32-34-73)29-7-6-9-44-10-8-13-53-58(44)62(81)76(61(53)80)55-24-25-57(77)70-60(55)79/h3-5,8,10-23,39,48,55,69H,7,24-38,40-42H2,1-2H3,(H,71,78)(H,70,77,79)/t48-,55?/m1/s1. The number of nitrogens with zero attached hydrogens (tertiary/aromatic N) is 5. The summed E-state index contributed by atoms with van der Waals surface area (Å²) in [5.74, 6) is 2.96. The number of imide groups is 2. The number of piperidine rings is 1. The van der Waals surface area contributed by atoms with Gasteiger partial charge in [0.25, 0.3) is 37.6 Å². The van der Waals surface area contributed by atoms with Crippen LogP contribution < -0.4 is 20.3 Å². The number of halogens is 4. The highest BCUT2D eigenvalue weighted by atomic mass is 35.5. The first kappa shape index (κ1) is 64.0. The maximum Gasteiger partial charge on any atom is 0.501 e. The van der Waals surface area contributed by atoms with Gasteiger partial charge in [0.15, 0.2) is 0 Å². The summed E-state index contributed by atoms with van der Waals surface area (Å²) in [6, 6.07) is 29.1. The third-order valence-corrected chi connectivity index (χ3v) is 21.1. The van der Waals surface area contributed by atoms with E-state index in [0.29, 0.717) is 87.6 Å². The molecule has 2 atom stereocenters. The molecule has 24 heteroatoms. The van der Waals surface area contributed by atoms with Gasteiger partial charge in [-0.1, -0.05) is 79.3 Å². The number of allylic oxidation sites excluding steroid dienone is 1. The minimum absolute atomic E-state index is 0.00283. The van der Waals surface area contributed by atoms with Crippen molar-refractivity contribution in [2.24, 2.45) is 5.41 Å². The van der Waals surface area contributed by atoms with Crippen LogP contribution in [0.2, 0.25) is 5.02 Å². The molecule has 4 aliphatic heterocycles. The summed E-state index contributed by atoms with van der Waals surface area (Å²) in [7, 11) is -11.1. The molecule has 3 N–H and O–H groups in total. The number of nitrogens with one attached hydrogen (secondary N) is 3. The Bertz CT molecular complexity index is 3810. The lowest BCUT2D eigenvalue weighted by atomic mass is 9.73. The number of hydrogen-bond acceptors (Lipinski definition) is 15. The molecule has 0 aromatic heterocycles. The van der Waals surface area contributed by atoms with E-state index >= 15 is 0 Å². The van der Waals surface area contributed by atoms with Crippen molar-refractivity contribution in [3.05, 3.63) is 154 Å². The number of sulfone groups is 1. The molecule has 0 radical (unpaired) electrons. The fraction of sp³-hybridized carbons (Fsp3) is 0.391. The molecule has 5 aromatic rings. The number of anilines is 2. The molecule has 3 saturated heterocycles. The molecule has 5 amide bonds. The minimum atomic E-state index is -6.15. The van der Waals surface area contributed by atoms with E-state index in [9.17, 15) is 54.0 Å². The molecule has 5 aliphatic rings. The number of fused-ring (bicyclic) bond motifs is 1. The molecule has 0 spiro atoms. The average Bonchev–Trinajstić information content (AvgIpc) is 1.68. The lowest BCUT2D eigenvalue weighted by molar-refractivity contribution is -0.136. The lowest BCUT2D eigenvalue weighted by Crippen LogP contribution is -2.54. The number of rotatable bonds is 19. The zero-order valence-electron chi connectivity index (χ0n) is 48.7. The Hall–Kier alpha value is -7.04. The van der Waals surface area contributed by atoms with E-state index < -0.39 is 82.5 Å². The number of carbonyl (C=O) groups is 5. The monoisotopic (exact) mass is 1280 g/mol. The summed E-state index contributed by atoms with van der Waals surface area (Å²) in [6.45, 7) is 12.1. The number of piperazine rings is 2. The fourth-order valence-corrected chi connectivity index (χ4v) is 15.0. The molecule has 464 valence electrons. The zero-order valence-corrected chi connectivity index (χ0v) is 51.9. The average molecular weight is 1280 g/mol. The van der Waals surface area contributed by atoms with Gasteiger partial charge in [0.1, 0.15) is 10.9 Å². The van der Waals surface area contributed by atoms with E-state index in [1.165, 1.54) is 46.7 Å². The normalized spacial score (nSPS) is 19.2. The molecular formula is C64H68ClF3N8O9S3. The molecule has 4 heterocycles. The number of amides is 5. The van der Waals surface area contributed by atoms with Crippen molar-refractivity contribution in [3.8, 4) is 11.8 Å². The smallest absolute Gasteiger partial charge is 0.380 e. The van der Waals surface area contributed by atoms with E-state index in [2.05, 4.69) is 68.1 Å². The van der Waals surface area contributed by atoms with Gasteiger partial charge in [-0.15, -0.1) is 11.8 Å². The van der Waals surface area contributed by atoms with Gasteiger partial charge in [-0.05, 0) is 128 Å². The van der Waals surface area contributed by atoms with Gasteiger partial charge in [0.05, 0.1) is 21.7 Å². The topological polar surface area (TPSA) is 206 Å². The van der Waals surface area contributed by atoms with Crippen LogP contribution in [0.25, 0.3) is 5.57 Å². The van der Waals surface area contributed by atoms with Crippen molar-refractivity contribution in [2.75, 3.05) is 88.0 Å². The first-order valence-corrected chi connectivity index (χ1v) is 33.6. The van der Waals surface area contributed by atoms with Crippen molar-refractivity contribution >= 4 is 89.7 Å². The van der Waals surface area contributed by atoms with E-state index in [0.717, 1.165) is 66.5 Å². The molecule has 3 fully saturated rings. The minimum Gasteiger partial charge on any atom is -0.380 e. The number of hydrogen-bond donors (Lipinski definition) is 3. The number of carbonyl (C=O) groups excluding carboxylic acids is 5. The van der Waals surface area contributed by atoms with Crippen LogP contribution in [0.5, 0.6) is 0 Å². The summed E-state index contributed by atoms with van der Waals surface area (Å²) in [5.41, 5.74) is -0.654. The van der Waals surface area contributed by atoms with Crippen LogP contribution in [-0.2, 0) is 29.4 Å². The Morgan fingerprint density at radius 2 is 1.48 bits per heavy atom. The second kappa shape index (κ2) is 27.0. The molecule has 5 aromatic carbocycles. The number of benzene rings is 5. The van der Waals surface area contributed by atoms with E-state index in [-0.39, 0.29) is 34.9 Å². The molecule has 0 saturated carbocycles. The van der Waals surface area contributed by atoms with Gasteiger partial charge in [-0.25, -0.2) is 21.6 Å². The van der Waals surface area contributed by atoms with Crippen molar-refractivity contribution < 1.29 is 54.0 Å². The van der Waals surface area contributed by atoms with Crippen LogP contribution in [0.3, 0.4) is 0 Å². The molecule has 1 unspecified atom stereocenters. The Morgan fingerprint density at radius 3 is 2.16 bits per heavy atom. The second-order valence-electron chi connectivity index (χ2n) is 23.4. The van der Waals surface area contributed by atoms with E-state index in [4.69, 9.17) is 11.6 Å². The van der Waals surface area contributed by atoms with E-state index in [1.54, 1.807) is 24.3 Å². The van der Waals surface area contributed by atoms with Gasteiger partial charge in [0.2, 0.25) is 11.8 Å². The molecule has 17 nitrogen and oxygen atoms in total. The number of alkyl halides is 3. The summed E-state index contributed by atoms with van der Waals surface area (Å²) >= 11 is 7.62. The predicted octanol–water partition coefficient (Wildman–Crippen LogP) is 8.96. The maximum absolute atomic E-state index is 14.5. The predicted molar refractivity (Wildman–Crippen MR) is 332 cm³/mol. The van der Waals surface area contributed by atoms with Crippen LogP contribution in [-0.4, -0.2) is 161 Å². The second-order valence-corrected chi connectivity index (χ2v) is 28.6. The van der Waals surface area contributed by atoms with Crippen LogP contribution in [0.4, 0.5) is 24.5 Å². The van der Waals surface area contributed by atoms with Crippen molar-refractivity contribution in [3.63, 3.8) is 0 Å². The van der Waals surface area contributed by atoms with Crippen molar-refractivity contribution in [2.45, 2.75) is 91.1 Å². The first-order chi connectivity index (χ1) is 41.9. The Morgan fingerprint density at radius 1 is 0.795 bits per heavy atom. The zero-order chi connectivity index (χ0) is 62.5. The van der Waals surface area contributed by atoms with Gasteiger partial charge in [-0.2, -0.15) is 13.2 Å². The summed E-state index contributed by atoms with van der Waals surface area (Å²) in [5, 5.41) is 5.92. The highest BCUT2D eigenvalue weighted by Gasteiger charge is 2.49. The van der Waals surface area contributed by atoms with Crippen LogP contribution in [0, 0.1) is 17.3 Å². The molecule has 0 bridgehead atoms. The van der Waals surface area contributed by atoms with Crippen LogP contribution in [0.1, 0.15) is 101 Å². The van der Waals surface area contributed by atoms with Gasteiger partial charge in [0, 0.05) is 123 Å². The largest absolute Gasteiger partial charge is 0.501 e. The van der Waals surface area contributed by atoms with Gasteiger partial charge >= 0.3 is 5.51 Å². The fourth-order valence-electron chi connectivity index (χ4n) is 11.9. The van der Waals surface area contributed by atoms with Gasteiger partial charge in [-0.3, -0.25) is 44.0 Å². The SMILES string of the molecule is CC1(C)CCC(c2ccc(Cl)cc2)=C(CN2CCN(c3ccc(C(=O)NS(=O)(=O)c4ccc(N[C@H](CCN5CCN(CCC#Cc6cccc7c6C(=O)N(C6CCC(=O)NC6=O)C7=O)CC5)CSc5ccccc5)c(S(=O)(=O)C(F)(F)F)c4)cc3)CC2)C1. The molecule has 88 heavy (non-hydrogen) atoms. The Kier molecular flexibility index (Phi) is 19.6. The Balaban J connectivity index is 0.753. The molecule has 1 aliphatic carbocycles. The highest BCUT2D eigenvalue weighted by molar-refractivity contribution is 7.99. The Labute approximate surface area is 520 Å². The third kappa shape index (κ3) is 15.0. The molecule has 10 rings (SSSR count). The number of thioether (sulfide) groups is 1. The maximum atomic E-state index is 14.5. The summed E-state index contributed by atoms with van der Waals surface area (Å²) in [6.07, 6.45) is 3.92.